The molecule has 2 aliphatic heterocycles. The molecule has 0 radical (unpaired) electrons. The Bertz CT molecular complexity index is 477. The molecule has 1 saturated carbocycles. The van der Waals surface area contributed by atoms with E-state index in [2.05, 4.69) is 0 Å². The molecule has 0 aromatic rings. The van der Waals surface area contributed by atoms with E-state index in [9.17, 15) is 8.42 Å². The van der Waals surface area contributed by atoms with Gasteiger partial charge in [0.15, 0.2) is 0 Å². The Morgan fingerprint density at radius 1 is 1.32 bits per heavy atom. The molecular weight excluding hydrogens is 302 g/mol. The van der Waals surface area contributed by atoms with E-state index in [0.29, 0.717) is 26.1 Å². The predicted molar refractivity (Wildman–Crippen MR) is 85.2 cm³/mol. The van der Waals surface area contributed by atoms with Crippen molar-refractivity contribution in [1.29, 1.82) is 0 Å². The van der Waals surface area contributed by atoms with Crippen molar-refractivity contribution in [2.45, 2.75) is 51.6 Å². The molecule has 0 N–H and O–H groups in total. The van der Waals surface area contributed by atoms with Gasteiger partial charge in [-0.15, -0.1) is 0 Å². The fraction of sp³-hybridized carbons (Fsp3) is 1.00. The molecule has 0 aromatic heterocycles. The van der Waals surface area contributed by atoms with Crippen LogP contribution in [0.4, 0.5) is 0 Å². The molecule has 128 valence electrons. The summed E-state index contributed by atoms with van der Waals surface area (Å²) < 4.78 is 38.5. The Morgan fingerprint density at radius 3 is 2.86 bits per heavy atom. The van der Waals surface area contributed by atoms with Crippen LogP contribution < -0.4 is 0 Å². The average Bonchev–Trinajstić information content (AvgIpc) is 3.31. The lowest BCUT2D eigenvalue weighted by Gasteiger charge is -2.49. The molecule has 2 saturated heterocycles. The quantitative estimate of drug-likeness (QED) is 0.716. The van der Waals surface area contributed by atoms with E-state index in [1.54, 1.807) is 4.31 Å². The lowest BCUT2D eigenvalue weighted by atomic mass is 9.73. The van der Waals surface area contributed by atoms with Gasteiger partial charge in [-0.2, -0.15) is 0 Å². The van der Waals surface area contributed by atoms with E-state index in [1.165, 1.54) is 12.8 Å². The van der Waals surface area contributed by atoms with Crippen molar-refractivity contribution >= 4 is 10.0 Å². The first-order chi connectivity index (χ1) is 10.6. The van der Waals surface area contributed by atoms with Crippen LogP contribution in [0.25, 0.3) is 0 Å². The van der Waals surface area contributed by atoms with Crippen molar-refractivity contribution in [2.24, 2.45) is 11.3 Å². The highest BCUT2D eigenvalue weighted by atomic mass is 32.2. The summed E-state index contributed by atoms with van der Waals surface area (Å²) in [7, 11) is -3.13. The summed E-state index contributed by atoms with van der Waals surface area (Å²) in [5.41, 5.74) is -0.133. The standard InChI is InChI=1S/C16H29NO4S/c1-2-10-22(18,19)17-8-6-15-16(12-17,7-3-9-21-15)13-20-11-14-4-5-14/h14-15H,2-13H2,1H3. The second-order valence-electron chi connectivity index (χ2n) is 7.22. The molecule has 3 rings (SSSR count). The van der Waals surface area contributed by atoms with Crippen LogP contribution in [0.2, 0.25) is 0 Å². The third-order valence-electron chi connectivity index (χ3n) is 5.25. The maximum absolute atomic E-state index is 12.4. The maximum Gasteiger partial charge on any atom is 0.214 e. The molecule has 3 fully saturated rings. The van der Waals surface area contributed by atoms with Crippen molar-refractivity contribution in [2.75, 3.05) is 38.7 Å². The number of nitrogens with zero attached hydrogens (tertiary/aromatic N) is 1. The van der Waals surface area contributed by atoms with Gasteiger partial charge in [0.05, 0.1) is 18.5 Å². The van der Waals surface area contributed by atoms with Crippen LogP contribution in [-0.4, -0.2) is 57.5 Å². The van der Waals surface area contributed by atoms with E-state index in [1.807, 2.05) is 6.92 Å². The van der Waals surface area contributed by atoms with Gasteiger partial charge in [-0.05, 0) is 44.4 Å². The summed E-state index contributed by atoms with van der Waals surface area (Å²) >= 11 is 0. The van der Waals surface area contributed by atoms with Crippen molar-refractivity contribution in [1.82, 2.24) is 4.31 Å². The van der Waals surface area contributed by atoms with Crippen LogP contribution in [0.1, 0.15) is 45.4 Å². The Morgan fingerprint density at radius 2 is 2.14 bits per heavy atom. The predicted octanol–water partition coefficient (Wildman–Crippen LogP) is 2.02. The first-order valence-corrected chi connectivity index (χ1v) is 10.3. The summed E-state index contributed by atoms with van der Waals surface area (Å²) in [5.74, 6) is 0.986. The Kier molecular flexibility index (Phi) is 5.12. The smallest absolute Gasteiger partial charge is 0.214 e. The van der Waals surface area contributed by atoms with Crippen LogP contribution in [-0.2, 0) is 19.5 Å². The van der Waals surface area contributed by atoms with E-state index < -0.39 is 10.0 Å². The molecule has 2 heterocycles. The van der Waals surface area contributed by atoms with Gasteiger partial charge in [-0.1, -0.05) is 6.92 Å². The number of fused-ring (bicyclic) bond motifs is 1. The summed E-state index contributed by atoms with van der Waals surface area (Å²) in [6.07, 6.45) is 6.22. The molecule has 22 heavy (non-hydrogen) atoms. The van der Waals surface area contributed by atoms with Crippen molar-refractivity contribution in [3.63, 3.8) is 0 Å². The van der Waals surface area contributed by atoms with Crippen molar-refractivity contribution < 1.29 is 17.9 Å². The largest absolute Gasteiger partial charge is 0.380 e. The Hall–Kier alpha value is -0.170. The van der Waals surface area contributed by atoms with Gasteiger partial charge in [0.2, 0.25) is 10.0 Å². The van der Waals surface area contributed by atoms with Gasteiger partial charge in [-0.3, -0.25) is 0 Å². The molecule has 6 heteroatoms. The minimum Gasteiger partial charge on any atom is -0.380 e. The Labute approximate surface area is 134 Å². The molecule has 2 unspecified atom stereocenters. The number of rotatable bonds is 7. The number of piperidine rings is 1. The van der Waals surface area contributed by atoms with Crippen LogP contribution in [0.5, 0.6) is 0 Å². The molecular formula is C16H29NO4S. The summed E-state index contributed by atoms with van der Waals surface area (Å²) in [4.78, 5) is 0. The zero-order valence-electron chi connectivity index (χ0n) is 13.6. The van der Waals surface area contributed by atoms with Gasteiger partial charge in [0.25, 0.3) is 0 Å². The average molecular weight is 331 g/mol. The highest BCUT2D eigenvalue weighted by Gasteiger charge is 2.48. The van der Waals surface area contributed by atoms with Gasteiger partial charge < -0.3 is 9.47 Å². The van der Waals surface area contributed by atoms with Crippen LogP contribution >= 0.6 is 0 Å². The third kappa shape index (κ3) is 3.66. The first-order valence-electron chi connectivity index (χ1n) is 8.73. The summed E-state index contributed by atoms with van der Waals surface area (Å²) in [6, 6.07) is 0. The molecule has 0 bridgehead atoms. The second kappa shape index (κ2) is 6.75. The highest BCUT2D eigenvalue weighted by molar-refractivity contribution is 7.89. The van der Waals surface area contributed by atoms with Gasteiger partial charge in [0.1, 0.15) is 0 Å². The first kappa shape index (κ1) is 16.7. The molecule has 3 aliphatic rings. The molecule has 0 amide bonds. The normalized spacial score (nSPS) is 33.6. The zero-order valence-corrected chi connectivity index (χ0v) is 14.4. The molecule has 2 atom stereocenters. The number of hydrogen-bond donors (Lipinski definition) is 0. The van der Waals surface area contributed by atoms with Gasteiger partial charge in [0, 0.05) is 31.7 Å². The lowest BCUT2D eigenvalue weighted by molar-refractivity contribution is -0.143. The molecule has 1 aliphatic carbocycles. The van der Waals surface area contributed by atoms with Crippen molar-refractivity contribution in [3.8, 4) is 0 Å². The van der Waals surface area contributed by atoms with Gasteiger partial charge >= 0.3 is 0 Å². The van der Waals surface area contributed by atoms with Gasteiger partial charge in [-0.25, -0.2) is 12.7 Å². The van der Waals surface area contributed by atoms with Crippen LogP contribution in [0, 0.1) is 11.3 Å². The number of ether oxygens (including phenoxy) is 2. The highest BCUT2D eigenvalue weighted by Crippen LogP contribution is 2.41. The number of hydrogen-bond acceptors (Lipinski definition) is 4. The van der Waals surface area contributed by atoms with Crippen LogP contribution in [0.3, 0.4) is 0 Å². The maximum atomic E-state index is 12.4. The van der Waals surface area contributed by atoms with E-state index in [-0.39, 0.29) is 17.3 Å². The zero-order chi connectivity index (χ0) is 15.6. The molecule has 0 spiro atoms. The molecule has 5 nitrogen and oxygen atoms in total. The summed E-state index contributed by atoms with van der Waals surface area (Å²) in [6.45, 7) is 5.36. The van der Waals surface area contributed by atoms with E-state index in [4.69, 9.17) is 9.47 Å². The summed E-state index contributed by atoms with van der Waals surface area (Å²) in [5, 5.41) is 0. The lowest BCUT2D eigenvalue weighted by Crippen LogP contribution is -2.58. The second-order valence-corrected chi connectivity index (χ2v) is 9.31. The Balaban J connectivity index is 1.68. The fourth-order valence-electron chi connectivity index (χ4n) is 3.80. The van der Waals surface area contributed by atoms with E-state index >= 15 is 0 Å². The fourth-order valence-corrected chi connectivity index (χ4v) is 5.41. The van der Waals surface area contributed by atoms with Crippen LogP contribution in [0.15, 0.2) is 0 Å². The topological polar surface area (TPSA) is 55.8 Å². The minimum absolute atomic E-state index is 0.133. The molecule has 0 aromatic carbocycles. The SMILES string of the molecule is CCCS(=O)(=O)N1CCC2OCCCC2(COCC2CC2)C1. The van der Waals surface area contributed by atoms with Crippen molar-refractivity contribution in [3.05, 3.63) is 0 Å². The van der Waals surface area contributed by atoms with E-state index in [0.717, 1.165) is 38.4 Å². The third-order valence-corrected chi connectivity index (χ3v) is 7.27. The monoisotopic (exact) mass is 331 g/mol. The number of sulfonamides is 1. The minimum atomic E-state index is -3.13.